The van der Waals surface area contributed by atoms with Crippen LogP contribution in [0.1, 0.15) is 11.1 Å². The first-order valence-electron chi connectivity index (χ1n) is 6.78. The van der Waals surface area contributed by atoms with E-state index in [2.05, 4.69) is 44.4 Å². The highest BCUT2D eigenvalue weighted by molar-refractivity contribution is 5.57. The molecule has 2 nitrogen and oxygen atoms in total. The SMILES string of the molecule is C[N+]1(C)CCc2ccc(OCc3ccccc3)cc21. The fourth-order valence-corrected chi connectivity index (χ4v) is 2.67. The van der Waals surface area contributed by atoms with Gasteiger partial charge in [0.2, 0.25) is 0 Å². The molecule has 0 spiro atoms. The second-order valence-electron chi connectivity index (χ2n) is 5.72. The van der Waals surface area contributed by atoms with Gasteiger partial charge in [-0.05, 0) is 17.7 Å². The fourth-order valence-electron chi connectivity index (χ4n) is 2.67. The molecule has 2 aromatic carbocycles. The van der Waals surface area contributed by atoms with Gasteiger partial charge in [0.25, 0.3) is 0 Å². The number of hydrogen-bond acceptors (Lipinski definition) is 1. The zero-order chi connectivity index (χ0) is 13.3. The lowest BCUT2D eigenvalue weighted by Gasteiger charge is -2.24. The maximum absolute atomic E-state index is 5.90. The van der Waals surface area contributed by atoms with Gasteiger partial charge in [-0.1, -0.05) is 30.3 Å². The smallest absolute Gasteiger partial charge is 0.139 e. The highest BCUT2D eigenvalue weighted by Gasteiger charge is 2.30. The summed E-state index contributed by atoms with van der Waals surface area (Å²) in [5.74, 6) is 0.968. The van der Waals surface area contributed by atoms with Gasteiger partial charge in [0, 0.05) is 18.1 Å². The van der Waals surface area contributed by atoms with Crippen LogP contribution in [0.4, 0.5) is 5.69 Å². The molecular weight excluding hydrogens is 234 g/mol. The second kappa shape index (κ2) is 4.71. The van der Waals surface area contributed by atoms with Crippen molar-refractivity contribution in [1.29, 1.82) is 0 Å². The topological polar surface area (TPSA) is 9.23 Å². The van der Waals surface area contributed by atoms with Crippen molar-refractivity contribution in [2.75, 3.05) is 20.6 Å². The van der Waals surface area contributed by atoms with Crippen molar-refractivity contribution < 1.29 is 4.74 Å². The molecule has 1 aliphatic heterocycles. The molecule has 1 aliphatic rings. The molecule has 98 valence electrons. The molecule has 19 heavy (non-hydrogen) atoms. The van der Waals surface area contributed by atoms with Crippen LogP contribution in [0.3, 0.4) is 0 Å². The van der Waals surface area contributed by atoms with Crippen LogP contribution in [0.5, 0.6) is 5.75 Å². The summed E-state index contributed by atoms with van der Waals surface area (Å²) in [6.45, 7) is 1.81. The molecule has 0 saturated heterocycles. The lowest BCUT2D eigenvalue weighted by molar-refractivity contribution is 0.305. The lowest BCUT2D eigenvalue weighted by atomic mass is 10.1. The van der Waals surface area contributed by atoms with Crippen molar-refractivity contribution in [1.82, 2.24) is 4.48 Å². The standard InChI is InChI=1S/C17H20NO/c1-18(2)11-10-15-8-9-16(12-17(15)18)19-13-14-6-4-3-5-7-14/h3-9,12H,10-11,13H2,1-2H3/q+1. The second-order valence-corrected chi connectivity index (χ2v) is 5.72. The average Bonchev–Trinajstić information content (AvgIpc) is 2.73. The first-order chi connectivity index (χ1) is 9.15. The number of fused-ring (bicyclic) bond motifs is 1. The zero-order valence-corrected chi connectivity index (χ0v) is 11.6. The molecule has 0 aliphatic carbocycles. The number of quaternary nitrogens is 1. The number of ether oxygens (including phenoxy) is 1. The molecule has 0 aromatic heterocycles. The van der Waals surface area contributed by atoms with E-state index < -0.39 is 0 Å². The number of benzene rings is 2. The summed E-state index contributed by atoms with van der Waals surface area (Å²) < 4.78 is 6.86. The van der Waals surface area contributed by atoms with E-state index in [0.29, 0.717) is 6.61 Å². The van der Waals surface area contributed by atoms with Crippen molar-refractivity contribution in [3.63, 3.8) is 0 Å². The van der Waals surface area contributed by atoms with E-state index >= 15 is 0 Å². The molecule has 3 rings (SSSR count). The first kappa shape index (κ1) is 12.2. The Morgan fingerprint density at radius 2 is 1.84 bits per heavy atom. The van der Waals surface area contributed by atoms with Crippen LogP contribution < -0.4 is 9.22 Å². The van der Waals surface area contributed by atoms with E-state index in [1.807, 2.05) is 18.2 Å². The van der Waals surface area contributed by atoms with Gasteiger partial charge in [-0.15, -0.1) is 0 Å². The minimum Gasteiger partial charge on any atom is -0.489 e. The van der Waals surface area contributed by atoms with Crippen molar-refractivity contribution >= 4 is 5.69 Å². The van der Waals surface area contributed by atoms with Gasteiger partial charge in [-0.3, -0.25) is 4.48 Å². The Labute approximate surface area is 114 Å². The quantitative estimate of drug-likeness (QED) is 0.763. The van der Waals surface area contributed by atoms with Gasteiger partial charge in [0.1, 0.15) is 18.0 Å². The van der Waals surface area contributed by atoms with Crippen LogP contribution in [0.15, 0.2) is 48.5 Å². The Morgan fingerprint density at radius 3 is 2.63 bits per heavy atom. The molecule has 0 bridgehead atoms. The summed E-state index contributed by atoms with van der Waals surface area (Å²) in [5.41, 5.74) is 4.05. The Kier molecular flexibility index (Phi) is 3.03. The number of hydrogen-bond donors (Lipinski definition) is 0. The van der Waals surface area contributed by atoms with Crippen LogP contribution in [-0.4, -0.2) is 20.6 Å². The Hall–Kier alpha value is -1.80. The molecule has 0 amide bonds. The van der Waals surface area contributed by atoms with Crippen molar-refractivity contribution in [2.24, 2.45) is 0 Å². The van der Waals surface area contributed by atoms with E-state index in [9.17, 15) is 0 Å². The van der Waals surface area contributed by atoms with E-state index in [-0.39, 0.29) is 0 Å². The molecule has 0 fully saturated rings. The monoisotopic (exact) mass is 254 g/mol. The van der Waals surface area contributed by atoms with E-state index in [0.717, 1.165) is 10.2 Å². The predicted octanol–water partition coefficient (Wildman–Crippen LogP) is 3.39. The minimum atomic E-state index is 0.632. The van der Waals surface area contributed by atoms with Gasteiger partial charge < -0.3 is 4.74 Å². The van der Waals surface area contributed by atoms with E-state index in [1.54, 1.807) is 0 Å². The van der Waals surface area contributed by atoms with Crippen LogP contribution in [-0.2, 0) is 13.0 Å². The number of likely N-dealkylation sites (N-methyl/N-ethyl adjacent to an activating group) is 1. The Balaban J connectivity index is 1.77. The normalized spacial score (nSPS) is 16.1. The summed E-state index contributed by atoms with van der Waals surface area (Å²) in [6.07, 6.45) is 1.17. The summed E-state index contributed by atoms with van der Waals surface area (Å²) in [6, 6.07) is 16.8. The third-order valence-corrected chi connectivity index (χ3v) is 3.90. The highest BCUT2D eigenvalue weighted by Crippen LogP contribution is 2.34. The molecule has 0 atom stereocenters. The number of rotatable bonds is 3. The summed E-state index contributed by atoms with van der Waals surface area (Å²) in [4.78, 5) is 0. The molecule has 2 aromatic rings. The highest BCUT2D eigenvalue weighted by atomic mass is 16.5. The summed E-state index contributed by atoms with van der Waals surface area (Å²) >= 11 is 0. The third-order valence-electron chi connectivity index (χ3n) is 3.90. The van der Waals surface area contributed by atoms with Crippen LogP contribution in [0, 0.1) is 0 Å². The lowest BCUT2D eigenvalue weighted by Crippen LogP contribution is -2.37. The Morgan fingerprint density at radius 1 is 1.05 bits per heavy atom. The maximum Gasteiger partial charge on any atom is 0.139 e. The van der Waals surface area contributed by atoms with Crippen LogP contribution in [0.25, 0.3) is 0 Å². The van der Waals surface area contributed by atoms with Gasteiger partial charge in [-0.2, -0.15) is 0 Å². The van der Waals surface area contributed by atoms with E-state index in [1.165, 1.54) is 29.8 Å². The number of nitrogens with zero attached hydrogens (tertiary/aromatic N) is 1. The molecule has 1 heterocycles. The summed E-state index contributed by atoms with van der Waals surface area (Å²) in [5, 5.41) is 0. The fraction of sp³-hybridized carbons (Fsp3) is 0.294. The largest absolute Gasteiger partial charge is 0.489 e. The van der Waals surface area contributed by atoms with Crippen molar-refractivity contribution in [2.45, 2.75) is 13.0 Å². The van der Waals surface area contributed by atoms with Crippen molar-refractivity contribution in [3.8, 4) is 5.75 Å². The van der Waals surface area contributed by atoms with Crippen molar-refractivity contribution in [3.05, 3.63) is 59.7 Å². The van der Waals surface area contributed by atoms with Crippen LogP contribution in [0.2, 0.25) is 0 Å². The van der Waals surface area contributed by atoms with E-state index in [4.69, 9.17) is 4.74 Å². The van der Waals surface area contributed by atoms with Gasteiger partial charge >= 0.3 is 0 Å². The van der Waals surface area contributed by atoms with Gasteiger partial charge in [-0.25, -0.2) is 0 Å². The molecule has 0 unspecified atom stereocenters. The Bertz CT molecular complexity index is 575. The first-order valence-corrected chi connectivity index (χ1v) is 6.78. The van der Waals surface area contributed by atoms with Gasteiger partial charge in [0.15, 0.2) is 0 Å². The maximum atomic E-state index is 5.90. The third kappa shape index (κ3) is 2.49. The minimum absolute atomic E-state index is 0.632. The molecule has 0 radical (unpaired) electrons. The molecule has 2 heteroatoms. The molecular formula is C17H20NO+. The van der Waals surface area contributed by atoms with Gasteiger partial charge in [0.05, 0.1) is 20.6 Å². The molecule has 0 N–H and O–H groups in total. The zero-order valence-electron chi connectivity index (χ0n) is 11.6. The average molecular weight is 254 g/mol. The predicted molar refractivity (Wildman–Crippen MR) is 79.4 cm³/mol. The summed E-state index contributed by atoms with van der Waals surface area (Å²) in [7, 11) is 4.51. The molecule has 0 saturated carbocycles. The van der Waals surface area contributed by atoms with Crippen LogP contribution >= 0.6 is 0 Å².